The second-order valence-electron chi connectivity index (χ2n) is 3.62. The Balaban J connectivity index is 2.26. The van der Waals surface area contributed by atoms with Crippen LogP contribution in [-0.2, 0) is 9.53 Å². The fourth-order valence-electron chi connectivity index (χ4n) is 1.11. The number of methoxy groups -OCH3 is 1. The van der Waals surface area contributed by atoms with Crippen LogP contribution in [0.25, 0.3) is 0 Å². The van der Waals surface area contributed by atoms with Crippen molar-refractivity contribution in [3.05, 3.63) is 0 Å². The molecule has 2 atom stereocenters. The van der Waals surface area contributed by atoms with Crippen molar-refractivity contribution in [1.29, 1.82) is 0 Å². The van der Waals surface area contributed by atoms with Crippen molar-refractivity contribution in [3.63, 3.8) is 0 Å². The van der Waals surface area contributed by atoms with Gasteiger partial charge in [-0.2, -0.15) is 0 Å². The van der Waals surface area contributed by atoms with E-state index in [0.29, 0.717) is 12.6 Å². The largest absolute Gasteiger partial charge is 0.384 e. The molecule has 1 N–H and O–H groups in total. The van der Waals surface area contributed by atoms with Gasteiger partial charge in [0.15, 0.2) is 0 Å². The molecule has 1 saturated carbocycles. The molecule has 1 aliphatic rings. The topological polar surface area (TPSA) is 38.3 Å². The number of hydrogen-bond acceptors (Lipinski definition) is 2. The maximum Gasteiger partial charge on any atom is 0.238 e. The smallest absolute Gasteiger partial charge is 0.238 e. The predicted molar refractivity (Wildman–Crippen MR) is 51.8 cm³/mol. The number of nitrogens with one attached hydrogen (secondary N) is 1. The average Bonchev–Trinajstić information content (AvgIpc) is 2.87. The summed E-state index contributed by atoms with van der Waals surface area (Å²) in [6, 6.07) is 0.378. The maximum absolute atomic E-state index is 11.4. The molecule has 0 heterocycles. The molecular formula is C9H16ClNO2. The fourth-order valence-corrected chi connectivity index (χ4v) is 1.25. The highest BCUT2D eigenvalue weighted by Crippen LogP contribution is 2.20. The third-order valence-corrected chi connectivity index (χ3v) is 2.73. The number of alkyl halides is 1. The van der Waals surface area contributed by atoms with Gasteiger partial charge in [-0.25, -0.2) is 0 Å². The Kier molecular flexibility index (Phi) is 4.00. The van der Waals surface area contributed by atoms with Gasteiger partial charge in [0, 0.05) is 19.1 Å². The van der Waals surface area contributed by atoms with E-state index in [1.165, 1.54) is 0 Å². The quantitative estimate of drug-likeness (QED) is 0.684. The molecule has 13 heavy (non-hydrogen) atoms. The van der Waals surface area contributed by atoms with E-state index >= 15 is 0 Å². The second kappa shape index (κ2) is 4.82. The normalized spacial score (nSPS) is 20.8. The number of amides is 1. The Bertz CT molecular complexity index is 182. The van der Waals surface area contributed by atoms with Gasteiger partial charge < -0.3 is 10.1 Å². The summed E-state index contributed by atoms with van der Waals surface area (Å²) in [4.78, 5) is 11.4. The lowest BCUT2D eigenvalue weighted by molar-refractivity contribution is -0.122. The first-order valence-electron chi connectivity index (χ1n) is 4.58. The standard InChI is InChI=1S/C9H16ClNO2/c1-6(5-13-2)8(10)9(12)11-7-3-4-7/h6-8H,3-5H2,1-2H3,(H,11,12). The zero-order chi connectivity index (χ0) is 9.84. The van der Waals surface area contributed by atoms with Crippen molar-refractivity contribution in [3.8, 4) is 0 Å². The number of carbonyl (C=O) groups excluding carboxylic acids is 1. The molecule has 1 fully saturated rings. The Hall–Kier alpha value is -0.280. The summed E-state index contributed by atoms with van der Waals surface area (Å²) in [7, 11) is 1.61. The minimum Gasteiger partial charge on any atom is -0.384 e. The van der Waals surface area contributed by atoms with Crippen LogP contribution in [0.3, 0.4) is 0 Å². The van der Waals surface area contributed by atoms with Gasteiger partial charge in [-0.1, -0.05) is 6.92 Å². The molecule has 2 unspecified atom stereocenters. The maximum atomic E-state index is 11.4. The van der Waals surface area contributed by atoms with Gasteiger partial charge in [0.05, 0.1) is 6.61 Å². The van der Waals surface area contributed by atoms with Crippen molar-refractivity contribution in [2.75, 3.05) is 13.7 Å². The third-order valence-electron chi connectivity index (χ3n) is 2.10. The van der Waals surface area contributed by atoms with Gasteiger partial charge in [-0.05, 0) is 12.8 Å². The molecule has 0 aromatic rings. The third kappa shape index (κ3) is 3.53. The van der Waals surface area contributed by atoms with Crippen molar-refractivity contribution in [2.24, 2.45) is 5.92 Å². The van der Waals surface area contributed by atoms with E-state index < -0.39 is 5.38 Å². The molecule has 0 bridgehead atoms. The van der Waals surface area contributed by atoms with E-state index in [2.05, 4.69) is 5.32 Å². The summed E-state index contributed by atoms with van der Waals surface area (Å²) in [6.07, 6.45) is 2.18. The zero-order valence-corrected chi connectivity index (χ0v) is 8.80. The van der Waals surface area contributed by atoms with Crippen molar-refractivity contribution >= 4 is 17.5 Å². The summed E-state index contributed by atoms with van der Waals surface area (Å²) in [5.41, 5.74) is 0. The van der Waals surface area contributed by atoms with Gasteiger partial charge in [-0.15, -0.1) is 11.6 Å². The minimum atomic E-state index is -0.472. The lowest BCUT2D eigenvalue weighted by Crippen LogP contribution is -2.37. The van der Waals surface area contributed by atoms with E-state index in [1.807, 2.05) is 6.92 Å². The van der Waals surface area contributed by atoms with Crippen molar-refractivity contribution in [2.45, 2.75) is 31.2 Å². The van der Waals surface area contributed by atoms with Gasteiger partial charge in [0.25, 0.3) is 0 Å². The Morgan fingerprint density at radius 1 is 1.69 bits per heavy atom. The molecule has 0 aromatic heterocycles. The van der Waals surface area contributed by atoms with Crippen LogP contribution < -0.4 is 5.32 Å². The van der Waals surface area contributed by atoms with E-state index in [-0.39, 0.29) is 11.8 Å². The van der Waals surface area contributed by atoms with Crippen LogP contribution in [0.1, 0.15) is 19.8 Å². The summed E-state index contributed by atoms with van der Waals surface area (Å²) in [5, 5.41) is 2.39. The van der Waals surface area contributed by atoms with Crippen LogP contribution >= 0.6 is 11.6 Å². The monoisotopic (exact) mass is 205 g/mol. The van der Waals surface area contributed by atoms with E-state index in [4.69, 9.17) is 16.3 Å². The van der Waals surface area contributed by atoms with Gasteiger partial charge in [0.2, 0.25) is 5.91 Å². The number of carbonyl (C=O) groups is 1. The first kappa shape index (κ1) is 10.8. The molecule has 76 valence electrons. The first-order chi connectivity index (χ1) is 6.15. The summed E-state index contributed by atoms with van der Waals surface area (Å²) < 4.78 is 4.93. The lowest BCUT2D eigenvalue weighted by Gasteiger charge is -2.16. The van der Waals surface area contributed by atoms with Gasteiger partial charge in [-0.3, -0.25) is 4.79 Å². The Morgan fingerprint density at radius 3 is 2.77 bits per heavy atom. The van der Waals surface area contributed by atoms with Gasteiger partial charge >= 0.3 is 0 Å². The number of rotatable bonds is 5. The lowest BCUT2D eigenvalue weighted by atomic mass is 10.1. The molecule has 0 radical (unpaired) electrons. The fraction of sp³-hybridized carbons (Fsp3) is 0.889. The predicted octanol–water partition coefficient (Wildman–Crippen LogP) is 1.15. The highest BCUT2D eigenvalue weighted by atomic mass is 35.5. The average molecular weight is 206 g/mol. The van der Waals surface area contributed by atoms with E-state index in [0.717, 1.165) is 12.8 Å². The molecule has 3 nitrogen and oxygen atoms in total. The molecule has 1 aliphatic carbocycles. The Labute approximate surface area is 83.8 Å². The van der Waals surface area contributed by atoms with Crippen LogP contribution in [0.5, 0.6) is 0 Å². The summed E-state index contributed by atoms with van der Waals surface area (Å²) in [5.74, 6) is -0.000802. The van der Waals surface area contributed by atoms with E-state index in [9.17, 15) is 4.79 Å². The molecule has 0 aliphatic heterocycles. The van der Waals surface area contributed by atoms with Crippen LogP contribution in [-0.4, -0.2) is 31.0 Å². The summed E-state index contributed by atoms with van der Waals surface area (Å²) in [6.45, 7) is 2.43. The number of hydrogen-bond donors (Lipinski definition) is 1. The number of ether oxygens (including phenoxy) is 1. The van der Waals surface area contributed by atoms with Crippen LogP contribution in [0.2, 0.25) is 0 Å². The van der Waals surface area contributed by atoms with Crippen molar-refractivity contribution in [1.82, 2.24) is 5.32 Å². The summed E-state index contributed by atoms with van der Waals surface area (Å²) >= 11 is 5.94. The molecular weight excluding hydrogens is 190 g/mol. The number of halogens is 1. The SMILES string of the molecule is COCC(C)C(Cl)C(=O)NC1CC1. The Morgan fingerprint density at radius 2 is 2.31 bits per heavy atom. The molecule has 4 heteroatoms. The highest BCUT2D eigenvalue weighted by molar-refractivity contribution is 6.31. The highest BCUT2D eigenvalue weighted by Gasteiger charge is 2.28. The zero-order valence-electron chi connectivity index (χ0n) is 8.05. The van der Waals surface area contributed by atoms with Crippen molar-refractivity contribution < 1.29 is 9.53 Å². The molecule has 0 aromatic carbocycles. The molecule has 1 rings (SSSR count). The molecule has 1 amide bonds. The second-order valence-corrected chi connectivity index (χ2v) is 4.09. The molecule has 0 saturated heterocycles. The first-order valence-corrected chi connectivity index (χ1v) is 5.02. The van der Waals surface area contributed by atoms with Crippen LogP contribution in [0.15, 0.2) is 0 Å². The van der Waals surface area contributed by atoms with E-state index in [1.54, 1.807) is 7.11 Å². The molecule has 0 spiro atoms. The van der Waals surface area contributed by atoms with Crippen LogP contribution in [0, 0.1) is 5.92 Å². The minimum absolute atomic E-state index is 0.0606. The van der Waals surface area contributed by atoms with Gasteiger partial charge in [0.1, 0.15) is 5.38 Å². The van der Waals surface area contributed by atoms with Crippen LogP contribution in [0.4, 0.5) is 0 Å².